The van der Waals surface area contributed by atoms with Crippen LogP contribution in [0, 0.1) is 0 Å². The van der Waals surface area contributed by atoms with E-state index in [4.69, 9.17) is 27.9 Å². The van der Waals surface area contributed by atoms with Crippen molar-refractivity contribution >= 4 is 58.5 Å². The van der Waals surface area contributed by atoms with Gasteiger partial charge < -0.3 is 15.4 Å². The minimum absolute atomic E-state index is 0.160. The van der Waals surface area contributed by atoms with E-state index >= 15 is 0 Å². The molecule has 0 saturated carbocycles. The first kappa shape index (κ1) is 24.8. The number of para-hydroxylation sites is 1. The summed E-state index contributed by atoms with van der Waals surface area (Å²) in [5.74, 6) is -1.82. The van der Waals surface area contributed by atoms with Gasteiger partial charge in [-0.15, -0.1) is 0 Å². The molecular formula is C24H20Cl2N4O4. The molecule has 0 heterocycles. The van der Waals surface area contributed by atoms with Gasteiger partial charge in [-0.1, -0.05) is 47.5 Å². The second-order valence-corrected chi connectivity index (χ2v) is 7.54. The van der Waals surface area contributed by atoms with Crippen molar-refractivity contribution in [3.05, 3.63) is 87.9 Å². The average molecular weight is 499 g/mol. The van der Waals surface area contributed by atoms with Crippen LogP contribution in [0.4, 0.5) is 11.4 Å². The Balaban J connectivity index is 1.63. The van der Waals surface area contributed by atoms with E-state index in [1.54, 1.807) is 54.6 Å². The molecule has 3 aromatic carbocycles. The average Bonchev–Trinajstić information content (AvgIpc) is 2.83. The summed E-state index contributed by atoms with van der Waals surface area (Å²) in [5, 5.41) is 9.47. The lowest BCUT2D eigenvalue weighted by Gasteiger charge is -2.11. The Bertz CT molecular complexity index is 1230. The van der Waals surface area contributed by atoms with Crippen molar-refractivity contribution in [3.63, 3.8) is 0 Å². The number of halogens is 2. The molecule has 0 radical (unpaired) electrons. The fourth-order valence-electron chi connectivity index (χ4n) is 2.80. The van der Waals surface area contributed by atoms with Crippen molar-refractivity contribution in [2.24, 2.45) is 5.10 Å². The molecule has 34 heavy (non-hydrogen) atoms. The van der Waals surface area contributed by atoms with E-state index < -0.39 is 17.7 Å². The molecule has 3 rings (SSSR count). The predicted molar refractivity (Wildman–Crippen MR) is 133 cm³/mol. The first-order valence-electron chi connectivity index (χ1n) is 10.1. The van der Waals surface area contributed by atoms with Gasteiger partial charge in [-0.2, -0.15) is 5.10 Å². The number of amides is 3. The Morgan fingerprint density at radius 2 is 1.65 bits per heavy atom. The van der Waals surface area contributed by atoms with E-state index in [2.05, 4.69) is 21.2 Å². The second-order valence-electron chi connectivity index (χ2n) is 6.75. The van der Waals surface area contributed by atoms with Gasteiger partial charge in [-0.05, 0) is 49.4 Å². The van der Waals surface area contributed by atoms with Crippen LogP contribution in [-0.2, 0) is 9.59 Å². The Labute approximate surface area is 205 Å². The van der Waals surface area contributed by atoms with Gasteiger partial charge in [0.1, 0.15) is 5.75 Å². The predicted octanol–water partition coefficient (Wildman–Crippen LogP) is 4.73. The highest BCUT2D eigenvalue weighted by Gasteiger charge is 2.18. The maximum Gasteiger partial charge on any atom is 0.329 e. The summed E-state index contributed by atoms with van der Waals surface area (Å²) >= 11 is 12.0. The number of anilines is 2. The van der Waals surface area contributed by atoms with Gasteiger partial charge in [0.2, 0.25) is 0 Å². The molecule has 0 spiro atoms. The van der Waals surface area contributed by atoms with E-state index in [1.165, 1.54) is 18.3 Å². The van der Waals surface area contributed by atoms with Crippen LogP contribution >= 0.6 is 23.2 Å². The van der Waals surface area contributed by atoms with E-state index in [0.29, 0.717) is 28.6 Å². The monoisotopic (exact) mass is 498 g/mol. The molecule has 0 aliphatic heterocycles. The smallest absolute Gasteiger partial charge is 0.329 e. The van der Waals surface area contributed by atoms with Gasteiger partial charge in [-0.3, -0.25) is 14.4 Å². The second kappa shape index (κ2) is 11.8. The number of hydrogen-bond acceptors (Lipinski definition) is 5. The van der Waals surface area contributed by atoms with Gasteiger partial charge in [-0.25, -0.2) is 5.43 Å². The largest absolute Gasteiger partial charge is 0.494 e. The first-order chi connectivity index (χ1) is 16.4. The maximum absolute atomic E-state index is 12.7. The van der Waals surface area contributed by atoms with E-state index in [1.807, 2.05) is 6.92 Å². The lowest BCUT2D eigenvalue weighted by Crippen LogP contribution is -2.33. The number of nitrogens with zero attached hydrogens (tertiary/aromatic N) is 1. The number of hydrazone groups is 1. The molecule has 0 unspecified atom stereocenters. The minimum atomic E-state index is -1.03. The van der Waals surface area contributed by atoms with Gasteiger partial charge >= 0.3 is 11.8 Å². The van der Waals surface area contributed by atoms with Crippen LogP contribution in [-0.4, -0.2) is 30.5 Å². The van der Waals surface area contributed by atoms with Crippen molar-refractivity contribution in [2.45, 2.75) is 6.92 Å². The molecule has 0 fully saturated rings. The summed E-state index contributed by atoms with van der Waals surface area (Å²) in [5.41, 5.74) is 3.45. The van der Waals surface area contributed by atoms with Crippen LogP contribution in [0.15, 0.2) is 71.8 Å². The molecule has 0 aromatic heterocycles. The van der Waals surface area contributed by atoms with Crippen LogP contribution < -0.4 is 20.8 Å². The zero-order valence-corrected chi connectivity index (χ0v) is 19.5. The van der Waals surface area contributed by atoms with Crippen molar-refractivity contribution < 1.29 is 19.1 Å². The minimum Gasteiger partial charge on any atom is -0.494 e. The normalized spacial score (nSPS) is 10.6. The van der Waals surface area contributed by atoms with Crippen LogP contribution in [0.1, 0.15) is 22.8 Å². The summed E-state index contributed by atoms with van der Waals surface area (Å²) in [6.07, 6.45) is 1.26. The fraction of sp³-hybridized carbons (Fsp3) is 0.0833. The van der Waals surface area contributed by atoms with E-state index in [0.717, 1.165) is 0 Å². The van der Waals surface area contributed by atoms with Gasteiger partial charge in [0.05, 0.1) is 34.1 Å². The molecule has 3 amide bonds. The number of ether oxygens (including phenoxy) is 1. The third-order valence-electron chi connectivity index (χ3n) is 4.40. The van der Waals surface area contributed by atoms with Crippen LogP contribution in [0.25, 0.3) is 0 Å². The summed E-state index contributed by atoms with van der Waals surface area (Å²) in [7, 11) is 0. The number of hydrogen-bond donors (Lipinski definition) is 3. The van der Waals surface area contributed by atoms with Crippen molar-refractivity contribution in [3.8, 4) is 5.75 Å². The summed E-state index contributed by atoms with van der Waals surface area (Å²) in [4.78, 5) is 37.2. The quantitative estimate of drug-likeness (QED) is 0.248. The van der Waals surface area contributed by atoms with Gasteiger partial charge in [0.25, 0.3) is 5.91 Å². The number of carbonyl (C=O) groups is 3. The lowest BCUT2D eigenvalue weighted by atomic mass is 10.1. The topological polar surface area (TPSA) is 109 Å². The molecule has 0 atom stereocenters. The molecule has 0 aliphatic rings. The Hall–Kier alpha value is -3.88. The zero-order valence-electron chi connectivity index (χ0n) is 18.0. The molecule has 3 N–H and O–H groups in total. The standard InChI is InChI=1S/C24H20Cl2N4O4/c1-2-34-17-12-10-16(11-13-17)28-22(31)18-7-3-4-9-20(18)29-23(32)24(33)30-27-14-15-6-5-8-19(25)21(15)26/h3-14H,2H2,1H3,(H,28,31)(H,29,32)(H,30,33). The molecule has 10 heteroatoms. The summed E-state index contributed by atoms with van der Waals surface area (Å²) < 4.78 is 5.38. The van der Waals surface area contributed by atoms with E-state index in [-0.39, 0.29) is 16.3 Å². The number of nitrogens with one attached hydrogen (secondary N) is 3. The molecule has 3 aromatic rings. The highest BCUT2D eigenvalue weighted by Crippen LogP contribution is 2.24. The number of benzene rings is 3. The zero-order chi connectivity index (χ0) is 24.5. The third-order valence-corrected chi connectivity index (χ3v) is 5.23. The SMILES string of the molecule is CCOc1ccc(NC(=O)c2ccccc2NC(=O)C(=O)NN=Cc2cccc(Cl)c2Cl)cc1. The Morgan fingerprint density at radius 1 is 0.912 bits per heavy atom. The summed E-state index contributed by atoms with van der Waals surface area (Å²) in [6.45, 7) is 2.41. The van der Waals surface area contributed by atoms with Gasteiger partial charge in [0, 0.05) is 11.3 Å². The fourth-order valence-corrected chi connectivity index (χ4v) is 3.16. The number of carbonyl (C=O) groups excluding carboxylic acids is 3. The first-order valence-corrected chi connectivity index (χ1v) is 10.9. The molecule has 0 bridgehead atoms. The Kier molecular flexibility index (Phi) is 8.61. The van der Waals surface area contributed by atoms with E-state index in [9.17, 15) is 14.4 Å². The molecular weight excluding hydrogens is 479 g/mol. The molecule has 174 valence electrons. The molecule has 0 aliphatic carbocycles. The van der Waals surface area contributed by atoms with Crippen LogP contribution in [0.2, 0.25) is 10.0 Å². The maximum atomic E-state index is 12.7. The highest BCUT2D eigenvalue weighted by molar-refractivity contribution is 6.43. The molecule has 8 nitrogen and oxygen atoms in total. The number of rotatable bonds is 7. The molecule has 0 saturated heterocycles. The lowest BCUT2D eigenvalue weighted by molar-refractivity contribution is -0.136. The Morgan fingerprint density at radius 3 is 2.38 bits per heavy atom. The highest BCUT2D eigenvalue weighted by atomic mass is 35.5. The van der Waals surface area contributed by atoms with Crippen molar-refractivity contribution in [1.82, 2.24) is 5.43 Å². The third kappa shape index (κ3) is 6.57. The summed E-state index contributed by atoms with van der Waals surface area (Å²) in [6, 6.07) is 18.1. The van der Waals surface area contributed by atoms with Crippen molar-refractivity contribution in [2.75, 3.05) is 17.2 Å². The van der Waals surface area contributed by atoms with Crippen LogP contribution in [0.5, 0.6) is 5.75 Å². The van der Waals surface area contributed by atoms with Gasteiger partial charge in [0.15, 0.2) is 0 Å². The van der Waals surface area contributed by atoms with Crippen LogP contribution in [0.3, 0.4) is 0 Å². The van der Waals surface area contributed by atoms with Crippen molar-refractivity contribution in [1.29, 1.82) is 0 Å².